The van der Waals surface area contributed by atoms with Gasteiger partial charge in [-0.25, -0.2) is 9.80 Å². The third-order valence-corrected chi connectivity index (χ3v) is 5.16. The van der Waals surface area contributed by atoms with Crippen LogP contribution >= 0.6 is 11.6 Å². The van der Waals surface area contributed by atoms with Crippen LogP contribution in [0, 0.1) is 0 Å². The number of urea groups is 1. The van der Waals surface area contributed by atoms with Crippen molar-refractivity contribution in [1.82, 2.24) is 10.3 Å². The lowest BCUT2D eigenvalue weighted by Crippen LogP contribution is -2.41. The van der Waals surface area contributed by atoms with Gasteiger partial charge in [0, 0.05) is 23.2 Å². The molecule has 1 aliphatic heterocycles. The number of hydrogen-bond acceptors (Lipinski definition) is 2. The fourth-order valence-corrected chi connectivity index (χ4v) is 3.41. The molecule has 0 aromatic heterocycles. The molecule has 1 N–H and O–H groups in total. The van der Waals surface area contributed by atoms with Gasteiger partial charge in [0.15, 0.2) is 0 Å². The Morgan fingerprint density at radius 2 is 1.85 bits per heavy atom. The summed E-state index contributed by atoms with van der Waals surface area (Å²) in [5.41, 5.74) is 5.26. The summed E-state index contributed by atoms with van der Waals surface area (Å²) < 4.78 is 0. The highest BCUT2D eigenvalue weighted by Gasteiger charge is 2.28. The number of amides is 2. The number of hydrogen-bond donors (Lipinski definition) is 1. The summed E-state index contributed by atoms with van der Waals surface area (Å²) in [5.74, 6) is 0. The van der Waals surface area contributed by atoms with Crippen molar-refractivity contribution in [2.75, 3.05) is 7.05 Å². The molecule has 5 heteroatoms. The SMILES string of the molecule is CNC(=O)N1N=C(c2ccc(Cl)cc2)c2cc(C(C)(C)C)ccc2C[C@H]1C. The number of rotatable bonds is 1. The number of nitrogens with one attached hydrogen (secondary N) is 1. The molecule has 1 aliphatic rings. The Balaban J connectivity index is 2.23. The zero-order chi connectivity index (χ0) is 19.8. The van der Waals surface area contributed by atoms with Gasteiger partial charge in [-0.05, 0) is 48.1 Å². The molecule has 3 rings (SSSR count). The highest BCUT2D eigenvalue weighted by molar-refractivity contribution is 6.30. The van der Waals surface area contributed by atoms with Crippen LogP contribution in [0.15, 0.2) is 47.6 Å². The molecule has 2 aromatic rings. The summed E-state index contributed by atoms with van der Waals surface area (Å²) in [4.78, 5) is 12.4. The van der Waals surface area contributed by atoms with Crippen LogP contribution in [0.1, 0.15) is 49.9 Å². The lowest BCUT2D eigenvalue weighted by Gasteiger charge is -2.22. The van der Waals surface area contributed by atoms with Crippen molar-refractivity contribution in [1.29, 1.82) is 0 Å². The molecule has 0 spiro atoms. The van der Waals surface area contributed by atoms with Crippen molar-refractivity contribution in [2.24, 2.45) is 5.10 Å². The van der Waals surface area contributed by atoms with Crippen molar-refractivity contribution in [2.45, 2.75) is 45.6 Å². The minimum absolute atomic E-state index is 0.0263. The quantitative estimate of drug-likeness (QED) is 0.741. The summed E-state index contributed by atoms with van der Waals surface area (Å²) in [7, 11) is 1.63. The molecule has 0 saturated carbocycles. The molecule has 2 amide bonds. The maximum atomic E-state index is 12.4. The normalized spacial score (nSPS) is 17.0. The Hall–Kier alpha value is -2.33. The third-order valence-electron chi connectivity index (χ3n) is 4.91. The van der Waals surface area contributed by atoms with Crippen molar-refractivity contribution < 1.29 is 4.79 Å². The monoisotopic (exact) mass is 383 g/mol. The second kappa shape index (κ2) is 7.35. The van der Waals surface area contributed by atoms with Crippen LogP contribution in [0.2, 0.25) is 5.02 Å². The maximum absolute atomic E-state index is 12.4. The highest BCUT2D eigenvalue weighted by atomic mass is 35.5. The van der Waals surface area contributed by atoms with E-state index in [1.54, 1.807) is 12.1 Å². The summed E-state index contributed by atoms with van der Waals surface area (Å²) in [5, 5.41) is 9.70. The first-order chi connectivity index (χ1) is 12.7. The van der Waals surface area contributed by atoms with Crippen LogP contribution in [0.3, 0.4) is 0 Å². The molecule has 0 unspecified atom stereocenters. The second-order valence-electron chi connectivity index (χ2n) is 8.03. The van der Waals surface area contributed by atoms with Gasteiger partial charge in [0.1, 0.15) is 0 Å². The standard InChI is InChI=1S/C22H26ClN3O/c1-14-12-16-6-9-17(22(2,3)4)13-19(16)20(25-26(14)21(27)24-5)15-7-10-18(23)11-8-15/h6-11,13-14H,12H2,1-5H3,(H,24,27)/t14-/m1/s1. The van der Waals surface area contributed by atoms with Gasteiger partial charge >= 0.3 is 6.03 Å². The Kier molecular flexibility index (Phi) is 5.29. The van der Waals surface area contributed by atoms with Gasteiger partial charge in [0.25, 0.3) is 0 Å². The zero-order valence-electron chi connectivity index (χ0n) is 16.5. The molecular weight excluding hydrogens is 358 g/mol. The van der Waals surface area contributed by atoms with Crippen LogP contribution in [0.5, 0.6) is 0 Å². The van der Waals surface area contributed by atoms with Crippen LogP contribution in [-0.2, 0) is 11.8 Å². The predicted octanol–water partition coefficient (Wildman–Crippen LogP) is 4.98. The highest BCUT2D eigenvalue weighted by Crippen LogP contribution is 2.30. The molecule has 4 nitrogen and oxygen atoms in total. The molecule has 0 bridgehead atoms. The Morgan fingerprint density at radius 3 is 2.44 bits per heavy atom. The number of carbonyl (C=O) groups is 1. The number of benzene rings is 2. The summed E-state index contributed by atoms with van der Waals surface area (Å²) in [6.45, 7) is 8.61. The van der Waals surface area contributed by atoms with E-state index in [1.807, 2.05) is 31.2 Å². The number of nitrogens with zero attached hydrogens (tertiary/aromatic N) is 2. The molecule has 27 heavy (non-hydrogen) atoms. The van der Waals surface area contributed by atoms with E-state index in [9.17, 15) is 4.79 Å². The average molecular weight is 384 g/mol. The zero-order valence-corrected chi connectivity index (χ0v) is 17.3. The fourth-order valence-electron chi connectivity index (χ4n) is 3.29. The van der Waals surface area contributed by atoms with Gasteiger partial charge in [-0.2, -0.15) is 5.10 Å². The van der Waals surface area contributed by atoms with Crippen molar-refractivity contribution in [3.63, 3.8) is 0 Å². The largest absolute Gasteiger partial charge is 0.340 e. The first-order valence-electron chi connectivity index (χ1n) is 9.20. The van der Waals surface area contributed by atoms with E-state index >= 15 is 0 Å². The second-order valence-corrected chi connectivity index (χ2v) is 8.47. The Labute approximate surface area is 166 Å². The summed E-state index contributed by atoms with van der Waals surface area (Å²) >= 11 is 6.08. The Bertz CT molecular complexity index is 881. The van der Waals surface area contributed by atoms with Gasteiger partial charge in [-0.1, -0.05) is 56.6 Å². The average Bonchev–Trinajstić information content (AvgIpc) is 2.76. The predicted molar refractivity (Wildman–Crippen MR) is 112 cm³/mol. The number of halogens is 1. The third kappa shape index (κ3) is 4.01. The van der Waals surface area contributed by atoms with E-state index < -0.39 is 0 Å². The topological polar surface area (TPSA) is 44.7 Å². The minimum Gasteiger partial charge on any atom is -0.340 e. The molecule has 2 aromatic carbocycles. The first kappa shape index (κ1) is 19.4. The van der Waals surface area contributed by atoms with Crippen molar-refractivity contribution >= 4 is 23.3 Å². The lowest BCUT2D eigenvalue weighted by molar-refractivity contribution is 0.184. The van der Waals surface area contributed by atoms with E-state index in [-0.39, 0.29) is 17.5 Å². The fraction of sp³-hybridized carbons (Fsp3) is 0.364. The van der Waals surface area contributed by atoms with Crippen molar-refractivity contribution in [3.05, 3.63) is 69.7 Å². The minimum atomic E-state index is -0.210. The molecule has 0 radical (unpaired) electrons. The van der Waals surface area contributed by atoms with Crippen LogP contribution in [-0.4, -0.2) is 29.8 Å². The van der Waals surface area contributed by atoms with Crippen LogP contribution < -0.4 is 5.32 Å². The van der Waals surface area contributed by atoms with E-state index in [0.717, 1.165) is 23.3 Å². The molecule has 1 heterocycles. The molecule has 1 atom stereocenters. The van der Waals surface area contributed by atoms with E-state index in [1.165, 1.54) is 11.1 Å². The van der Waals surface area contributed by atoms with E-state index in [4.69, 9.17) is 16.7 Å². The number of carbonyl (C=O) groups excluding carboxylic acids is 1. The van der Waals surface area contributed by atoms with Gasteiger partial charge in [-0.3, -0.25) is 0 Å². The molecule has 0 fully saturated rings. The van der Waals surface area contributed by atoms with Gasteiger partial charge in [-0.15, -0.1) is 0 Å². The molecule has 0 saturated heterocycles. The first-order valence-corrected chi connectivity index (χ1v) is 9.58. The summed E-state index contributed by atoms with van der Waals surface area (Å²) in [6.07, 6.45) is 0.744. The maximum Gasteiger partial charge on any atom is 0.337 e. The van der Waals surface area contributed by atoms with Gasteiger partial charge < -0.3 is 5.32 Å². The van der Waals surface area contributed by atoms with E-state index in [0.29, 0.717) is 5.02 Å². The van der Waals surface area contributed by atoms with Gasteiger partial charge in [0.05, 0.1) is 11.8 Å². The molecule has 142 valence electrons. The smallest absolute Gasteiger partial charge is 0.337 e. The lowest BCUT2D eigenvalue weighted by atomic mass is 9.83. The summed E-state index contributed by atoms with van der Waals surface area (Å²) in [6, 6.07) is 13.9. The molecule has 0 aliphatic carbocycles. The molecular formula is C22H26ClN3O. The number of fused-ring (bicyclic) bond motifs is 1. The van der Waals surface area contributed by atoms with Crippen molar-refractivity contribution in [3.8, 4) is 0 Å². The van der Waals surface area contributed by atoms with Crippen LogP contribution in [0.25, 0.3) is 0 Å². The van der Waals surface area contributed by atoms with Crippen LogP contribution in [0.4, 0.5) is 4.79 Å². The number of hydrazone groups is 1. The van der Waals surface area contributed by atoms with Gasteiger partial charge in [0.2, 0.25) is 0 Å². The van der Waals surface area contributed by atoms with E-state index in [2.05, 4.69) is 44.3 Å². The Morgan fingerprint density at radius 1 is 1.19 bits per heavy atom.